The normalized spacial score (nSPS) is 12.5. The smallest absolute Gasteiger partial charge is 0.0575 e. The Morgan fingerprint density at radius 1 is 1.00 bits per heavy atom. The van der Waals surface area contributed by atoms with Gasteiger partial charge in [0.05, 0.1) is 11.1 Å². The van der Waals surface area contributed by atoms with Crippen molar-refractivity contribution in [3.63, 3.8) is 0 Å². The van der Waals surface area contributed by atoms with E-state index >= 15 is 0 Å². The van der Waals surface area contributed by atoms with Gasteiger partial charge in [-0.1, -0.05) is 47.0 Å². The van der Waals surface area contributed by atoms with Crippen LogP contribution in [0.4, 0.5) is 0 Å². The summed E-state index contributed by atoms with van der Waals surface area (Å²) in [5, 5.41) is 4.18. The van der Waals surface area contributed by atoms with Crippen LogP contribution in [0.3, 0.4) is 0 Å². The zero-order valence-corrected chi connectivity index (χ0v) is 14.2. The van der Waals surface area contributed by atoms with Crippen LogP contribution in [-0.4, -0.2) is 7.05 Å². The second kappa shape index (κ2) is 6.25. The molecule has 1 N–H and O–H groups in total. The van der Waals surface area contributed by atoms with Gasteiger partial charge in [-0.2, -0.15) is 0 Å². The van der Waals surface area contributed by atoms with Gasteiger partial charge in [0.25, 0.3) is 0 Å². The summed E-state index contributed by atoms with van der Waals surface area (Å²) in [5.74, 6) is 0. The van der Waals surface area contributed by atoms with Crippen molar-refractivity contribution in [1.29, 1.82) is 0 Å². The quantitative estimate of drug-likeness (QED) is 0.743. The van der Waals surface area contributed by atoms with Gasteiger partial charge < -0.3 is 5.32 Å². The second-order valence-corrected chi connectivity index (χ2v) is 6.39. The first kappa shape index (κ1) is 14.8. The standard InChI is InChI=1S/C16H17ClIN/c1-10-6-11(2)8-13(7-10)16(19-3)12-4-5-15(18)14(17)9-12/h4-9,16,19H,1-3H3. The van der Waals surface area contributed by atoms with Crippen LogP contribution in [0, 0.1) is 17.4 Å². The molecule has 0 spiro atoms. The minimum Gasteiger partial charge on any atom is -0.309 e. The summed E-state index contributed by atoms with van der Waals surface area (Å²) >= 11 is 8.48. The van der Waals surface area contributed by atoms with E-state index < -0.39 is 0 Å². The number of aryl methyl sites for hydroxylation is 2. The van der Waals surface area contributed by atoms with Crippen molar-refractivity contribution >= 4 is 34.2 Å². The molecule has 2 rings (SSSR count). The van der Waals surface area contributed by atoms with E-state index in [2.05, 4.69) is 72.1 Å². The topological polar surface area (TPSA) is 12.0 Å². The highest BCUT2D eigenvalue weighted by atomic mass is 127. The highest BCUT2D eigenvalue weighted by molar-refractivity contribution is 14.1. The summed E-state index contributed by atoms with van der Waals surface area (Å²) in [6.07, 6.45) is 0. The van der Waals surface area contributed by atoms with E-state index in [-0.39, 0.29) is 6.04 Å². The van der Waals surface area contributed by atoms with Gasteiger partial charge in [-0.15, -0.1) is 0 Å². The van der Waals surface area contributed by atoms with E-state index in [1.807, 2.05) is 13.1 Å². The first-order chi connectivity index (χ1) is 9.01. The van der Waals surface area contributed by atoms with Crippen molar-refractivity contribution in [2.75, 3.05) is 7.05 Å². The van der Waals surface area contributed by atoms with Crippen LogP contribution in [0.5, 0.6) is 0 Å². The molecule has 0 radical (unpaired) electrons. The van der Waals surface area contributed by atoms with Crippen LogP contribution < -0.4 is 5.32 Å². The predicted molar refractivity (Wildman–Crippen MR) is 91.0 cm³/mol. The minimum atomic E-state index is 0.174. The number of rotatable bonds is 3. The Hall–Kier alpha value is -0.580. The Labute approximate surface area is 133 Å². The summed E-state index contributed by atoms with van der Waals surface area (Å²) in [4.78, 5) is 0. The highest BCUT2D eigenvalue weighted by Gasteiger charge is 2.13. The number of hydrogen-bond acceptors (Lipinski definition) is 1. The maximum atomic E-state index is 6.23. The molecule has 100 valence electrons. The van der Waals surface area contributed by atoms with Gasteiger partial charge in [-0.05, 0) is 66.7 Å². The zero-order chi connectivity index (χ0) is 14.0. The fourth-order valence-corrected chi connectivity index (χ4v) is 2.92. The van der Waals surface area contributed by atoms with Gasteiger partial charge in [-0.3, -0.25) is 0 Å². The average molecular weight is 386 g/mol. The first-order valence-corrected chi connectivity index (χ1v) is 7.67. The van der Waals surface area contributed by atoms with Crippen LogP contribution >= 0.6 is 34.2 Å². The Morgan fingerprint density at radius 3 is 2.16 bits per heavy atom. The van der Waals surface area contributed by atoms with Crippen LogP contribution in [0.2, 0.25) is 5.02 Å². The van der Waals surface area contributed by atoms with Crippen molar-refractivity contribution in [3.05, 3.63) is 67.2 Å². The van der Waals surface area contributed by atoms with Crippen LogP contribution in [0.15, 0.2) is 36.4 Å². The summed E-state index contributed by atoms with van der Waals surface area (Å²) in [6, 6.07) is 13.0. The molecule has 2 aromatic rings. The Balaban J connectivity index is 2.46. The molecule has 0 bridgehead atoms. The van der Waals surface area contributed by atoms with Crippen LogP contribution in [-0.2, 0) is 0 Å². The molecular formula is C16H17ClIN. The average Bonchev–Trinajstić information content (AvgIpc) is 2.33. The van der Waals surface area contributed by atoms with Crippen LogP contribution in [0.25, 0.3) is 0 Å². The molecule has 0 aromatic heterocycles. The molecule has 0 heterocycles. The Bertz CT molecular complexity index is 575. The Kier molecular flexibility index (Phi) is 4.87. The third-order valence-electron chi connectivity index (χ3n) is 3.14. The van der Waals surface area contributed by atoms with Gasteiger partial charge in [0.15, 0.2) is 0 Å². The molecule has 1 atom stereocenters. The van der Waals surface area contributed by atoms with E-state index in [4.69, 9.17) is 11.6 Å². The molecule has 0 aliphatic carbocycles. The third-order valence-corrected chi connectivity index (χ3v) is 4.72. The summed E-state index contributed by atoms with van der Waals surface area (Å²) < 4.78 is 1.08. The van der Waals surface area contributed by atoms with Gasteiger partial charge >= 0.3 is 0 Å². The second-order valence-electron chi connectivity index (χ2n) is 4.82. The molecule has 2 aromatic carbocycles. The third kappa shape index (κ3) is 3.50. The van der Waals surface area contributed by atoms with Gasteiger partial charge in [-0.25, -0.2) is 0 Å². The monoisotopic (exact) mass is 385 g/mol. The van der Waals surface area contributed by atoms with Crippen molar-refractivity contribution < 1.29 is 0 Å². The Morgan fingerprint density at radius 2 is 1.63 bits per heavy atom. The summed E-state index contributed by atoms with van der Waals surface area (Å²) in [6.45, 7) is 4.26. The largest absolute Gasteiger partial charge is 0.309 e. The molecule has 0 saturated heterocycles. The summed E-state index contributed by atoms with van der Waals surface area (Å²) in [7, 11) is 1.98. The molecule has 0 fully saturated rings. The predicted octanol–water partition coefficient (Wildman–Crippen LogP) is 4.87. The minimum absolute atomic E-state index is 0.174. The van der Waals surface area contributed by atoms with Gasteiger partial charge in [0.1, 0.15) is 0 Å². The van der Waals surface area contributed by atoms with E-state index in [0.29, 0.717) is 0 Å². The fraction of sp³-hybridized carbons (Fsp3) is 0.250. The van der Waals surface area contributed by atoms with Crippen molar-refractivity contribution in [1.82, 2.24) is 5.32 Å². The lowest BCUT2D eigenvalue weighted by molar-refractivity contribution is 0.690. The maximum absolute atomic E-state index is 6.23. The molecule has 1 unspecified atom stereocenters. The number of benzene rings is 2. The molecule has 3 heteroatoms. The lowest BCUT2D eigenvalue weighted by atomic mass is 9.96. The van der Waals surface area contributed by atoms with E-state index in [0.717, 1.165) is 8.59 Å². The molecule has 0 amide bonds. The SMILES string of the molecule is CNC(c1cc(C)cc(C)c1)c1ccc(I)c(Cl)c1. The van der Waals surface area contributed by atoms with Crippen molar-refractivity contribution in [2.24, 2.45) is 0 Å². The molecule has 0 aliphatic heterocycles. The van der Waals surface area contributed by atoms with Crippen molar-refractivity contribution in [3.8, 4) is 0 Å². The van der Waals surface area contributed by atoms with Gasteiger partial charge in [0.2, 0.25) is 0 Å². The maximum Gasteiger partial charge on any atom is 0.0575 e. The zero-order valence-electron chi connectivity index (χ0n) is 11.3. The molecule has 0 saturated carbocycles. The number of halogens is 2. The fourth-order valence-electron chi connectivity index (χ4n) is 2.39. The summed E-state index contributed by atoms with van der Waals surface area (Å²) in [5.41, 5.74) is 5.04. The highest BCUT2D eigenvalue weighted by Crippen LogP contribution is 2.28. The molecule has 19 heavy (non-hydrogen) atoms. The van der Waals surface area contributed by atoms with Crippen LogP contribution in [0.1, 0.15) is 28.3 Å². The lowest BCUT2D eigenvalue weighted by Crippen LogP contribution is -2.18. The van der Waals surface area contributed by atoms with E-state index in [1.165, 1.54) is 22.3 Å². The van der Waals surface area contributed by atoms with E-state index in [1.54, 1.807) is 0 Å². The van der Waals surface area contributed by atoms with E-state index in [9.17, 15) is 0 Å². The van der Waals surface area contributed by atoms with Gasteiger partial charge in [0, 0.05) is 3.57 Å². The van der Waals surface area contributed by atoms with Crippen molar-refractivity contribution in [2.45, 2.75) is 19.9 Å². The first-order valence-electron chi connectivity index (χ1n) is 6.21. The molecule has 1 nitrogen and oxygen atoms in total. The number of nitrogens with one attached hydrogen (secondary N) is 1. The molecule has 0 aliphatic rings. The lowest BCUT2D eigenvalue weighted by Gasteiger charge is -2.19. The number of hydrogen-bond donors (Lipinski definition) is 1. The molecular weight excluding hydrogens is 369 g/mol.